The van der Waals surface area contributed by atoms with Gasteiger partial charge < -0.3 is 5.32 Å². The highest BCUT2D eigenvalue weighted by molar-refractivity contribution is 7.07. The molecule has 2 heterocycles. The van der Waals surface area contributed by atoms with E-state index in [1.807, 2.05) is 6.20 Å². The average Bonchev–Trinajstić information content (AvgIpc) is 2.99. The van der Waals surface area contributed by atoms with Crippen LogP contribution in [0.1, 0.15) is 30.2 Å². The maximum absolute atomic E-state index is 4.47. The van der Waals surface area contributed by atoms with E-state index in [1.54, 1.807) is 11.3 Å². The molecule has 98 valence electrons. The molecule has 4 heteroatoms. The number of nitrogens with zero attached hydrogens (tertiary/aromatic N) is 2. The summed E-state index contributed by atoms with van der Waals surface area (Å²) in [5, 5.41) is 12.2. The van der Waals surface area contributed by atoms with Gasteiger partial charge in [0.05, 0.1) is 6.20 Å². The first kappa shape index (κ1) is 13.3. The largest absolute Gasteiger partial charge is 0.313 e. The Hall–Kier alpha value is -1.13. The topological polar surface area (TPSA) is 29.9 Å². The molecule has 0 bridgehead atoms. The molecule has 2 rings (SSSR count). The van der Waals surface area contributed by atoms with Gasteiger partial charge in [0, 0.05) is 24.3 Å². The lowest BCUT2D eigenvalue weighted by Crippen LogP contribution is -2.14. The molecular formula is C14H21N3S. The number of rotatable bonds is 7. The summed E-state index contributed by atoms with van der Waals surface area (Å²) in [6.07, 6.45) is 4.23. The Labute approximate surface area is 113 Å². The molecule has 18 heavy (non-hydrogen) atoms. The van der Waals surface area contributed by atoms with Crippen molar-refractivity contribution < 1.29 is 0 Å². The van der Waals surface area contributed by atoms with Crippen molar-refractivity contribution in [1.29, 1.82) is 0 Å². The fraction of sp³-hybridized carbons (Fsp3) is 0.500. The monoisotopic (exact) mass is 263 g/mol. The molecule has 1 N–H and O–H groups in total. The van der Waals surface area contributed by atoms with Gasteiger partial charge in [-0.2, -0.15) is 16.4 Å². The van der Waals surface area contributed by atoms with E-state index < -0.39 is 0 Å². The van der Waals surface area contributed by atoms with Crippen molar-refractivity contribution >= 4 is 11.3 Å². The van der Waals surface area contributed by atoms with Crippen molar-refractivity contribution in [3.63, 3.8) is 0 Å². The third kappa shape index (κ3) is 3.43. The quantitative estimate of drug-likeness (QED) is 0.778. The number of aromatic nitrogens is 2. The lowest BCUT2D eigenvalue weighted by molar-refractivity contribution is 0.595. The molecule has 3 nitrogen and oxygen atoms in total. The van der Waals surface area contributed by atoms with E-state index in [0.29, 0.717) is 0 Å². The lowest BCUT2D eigenvalue weighted by atomic mass is 10.2. The van der Waals surface area contributed by atoms with E-state index in [4.69, 9.17) is 0 Å². The number of aryl methyl sites for hydroxylation is 2. The fourth-order valence-electron chi connectivity index (χ4n) is 1.95. The Balaban J connectivity index is 1.89. The van der Waals surface area contributed by atoms with Crippen molar-refractivity contribution in [3.8, 4) is 0 Å². The van der Waals surface area contributed by atoms with Crippen molar-refractivity contribution in [3.05, 3.63) is 39.8 Å². The van der Waals surface area contributed by atoms with Crippen molar-refractivity contribution in [1.82, 2.24) is 15.1 Å². The van der Waals surface area contributed by atoms with Crippen molar-refractivity contribution in [2.24, 2.45) is 0 Å². The van der Waals surface area contributed by atoms with Crippen LogP contribution in [-0.2, 0) is 19.5 Å². The second-order valence-corrected chi connectivity index (χ2v) is 5.32. The molecule has 0 aliphatic heterocycles. The molecule has 0 spiro atoms. The Morgan fingerprint density at radius 2 is 2.33 bits per heavy atom. The first-order chi connectivity index (χ1) is 8.81. The highest BCUT2D eigenvalue weighted by Gasteiger charge is 2.05. The Morgan fingerprint density at radius 1 is 1.44 bits per heavy atom. The van der Waals surface area contributed by atoms with Crippen LogP contribution in [0.4, 0.5) is 0 Å². The van der Waals surface area contributed by atoms with Gasteiger partial charge in [0.15, 0.2) is 0 Å². The number of thiophene rings is 1. The lowest BCUT2D eigenvalue weighted by Gasteiger charge is -2.05. The van der Waals surface area contributed by atoms with E-state index in [9.17, 15) is 0 Å². The number of nitrogens with one attached hydrogen (secondary N) is 1. The second kappa shape index (κ2) is 6.71. The molecule has 0 fully saturated rings. The molecule has 0 radical (unpaired) electrons. The summed E-state index contributed by atoms with van der Waals surface area (Å²) in [4.78, 5) is 0. The van der Waals surface area contributed by atoms with Crippen molar-refractivity contribution in [2.45, 2.75) is 39.8 Å². The Bertz CT molecular complexity index is 459. The van der Waals surface area contributed by atoms with E-state index in [-0.39, 0.29) is 0 Å². The molecule has 0 atom stereocenters. The highest BCUT2D eigenvalue weighted by Crippen LogP contribution is 2.11. The summed E-state index contributed by atoms with van der Waals surface area (Å²) in [6.45, 7) is 7.31. The van der Waals surface area contributed by atoms with Gasteiger partial charge in [0.1, 0.15) is 0 Å². The van der Waals surface area contributed by atoms with Crippen LogP contribution in [0.15, 0.2) is 23.0 Å². The molecule has 0 amide bonds. The summed E-state index contributed by atoms with van der Waals surface area (Å²) in [5.74, 6) is 0. The van der Waals surface area contributed by atoms with Gasteiger partial charge in [0.25, 0.3) is 0 Å². The van der Waals surface area contributed by atoms with Gasteiger partial charge in [0.2, 0.25) is 0 Å². The summed E-state index contributed by atoms with van der Waals surface area (Å²) in [6, 6.07) is 2.19. The molecule has 0 saturated carbocycles. The maximum Gasteiger partial charge on any atom is 0.0537 e. The first-order valence-electron chi connectivity index (χ1n) is 6.54. The third-order valence-electron chi connectivity index (χ3n) is 3.14. The van der Waals surface area contributed by atoms with E-state index in [1.165, 1.54) is 23.2 Å². The van der Waals surface area contributed by atoms with Gasteiger partial charge in [-0.3, -0.25) is 4.68 Å². The number of hydrogen-bond donors (Lipinski definition) is 1. The maximum atomic E-state index is 4.47. The van der Waals surface area contributed by atoms with Gasteiger partial charge in [-0.05, 0) is 48.7 Å². The Morgan fingerprint density at radius 3 is 3.06 bits per heavy atom. The standard InChI is InChI=1S/C14H21N3S/c1-3-6-15-9-14-10-16-17(12(14)2)7-4-13-5-8-18-11-13/h5,8,10-11,15H,3-4,6-7,9H2,1-2H3. The van der Waals surface area contributed by atoms with Crippen LogP contribution in [0, 0.1) is 6.92 Å². The van der Waals surface area contributed by atoms with E-state index in [2.05, 4.69) is 45.8 Å². The smallest absolute Gasteiger partial charge is 0.0537 e. The zero-order valence-electron chi connectivity index (χ0n) is 11.1. The van der Waals surface area contributed by atoms with E-state index >= 15 is 0 Å². The number of hydrogen-bond acceptors (Lipinski definition) is 3. The predicted octanol–water partition coefficient (Wildman–Crippen LogP) is 3.00. The minimum absolute atomic E-state index is 0.929. The van der Waals surface area contributed by atoms with Crippen LogP contribution < -0.4 is 5.32 Å². The van der Waals surface area contributed by atoms with E-state index in [0.717, 1.165) is 26.1 Å². The molecule has 0 saturated heterocycles. The van der Waals surface area contributed by atoms with Crippen LogP contribution in [0.25, 0.3) is 0 Å². The minimum Gasteiger partial charge on any atom is -0.313 e. The zero-order chi connectivity index (χ0) is 12.8. The normalized spacial score (nSPS) is 11.0. The van der Waals surface area contributed by atoms with Gasteiger partial charge in [-0.15, -0.1) is 0 Å². The molecule has 0 aliphatic rings. The second-order valence-electron chi connectivity index (χ2n) is 4.54. The summed E-state index contributed by atoms with van der Waals surface area (Å²) < 4.78 is 2.11. The summed E-state index contributed by atoms with van der Waals surface area (Å²) >= 11 is 1.76. The average molecular weight is 263 g/mol. The molecule has 2 aromatic heterocycles. The summed E-state index contributed by atoms with van der Waals surface area (Å²) in [5.41, 5.74) is 4.00. The minimum atomic E-state index is 0.929. The van der Waals surface area contributed by atoms with Crippen molar-refractivity contribution in [2.75, 3.05) is 6.54 Å². The predicted molar refractivity (Wildman–Crippen MR) is 77.0 cm³/mol. The third-order valence-corrected chi connectivity index (χ3v) is 3.87. The molecule has 0 unspecified atom stereocenters. The van der Waals surface area contributed by atoms with Crippen LogP contribution in [0.5, 0.6) is 0 Å². The summed E-state index contributed by atoms with van der Waals surface area (Å²) in [7, 11) is 0. The molecule has 0 aromatic carbocycles. The Kier molecular flexibility index (Phi) is 4.96. The molecule has 0 aliphatic carbocycles. The SMILES string of the molecule is CCCNCc1cnn(CCc2ccsc2)c1C. The highest BCUT2D eigenvalue weighted by atomic mass is 32.1. The molecular weight excluding hydrogens is 242 g/mol. The van der Waals surface area contributed by atoms with Gasteiger partial charge >= 0.3 is 0 Å². The van der Waals surface area contributed by atoms with Crippen LogP contribution in [0.3, 0.4) is 0 Å². The molecule has 2 aromatic rings. The zero-order valence-corrected chi connectivity index (χ0v) is 12.0. The van der Waals surface area contributed by atoms with Crippen LogP contribution >= 0.6 is 11.3 Å². The van der Waals surface area contributed by atoms with Crippen LogP contribution in [-0.4, -0.2) is 16.3 Å². The first-order valence-corrected chi connectivity index (χ1v) is 7.48. The van der Waals surface area contributed by atoms with Crippen LogP contribution in [0.2, 0.25) is 0 Å². The van der Waals surface area contributed by atoms with Gasteiger partial charge in [-0.25, -0.2) is 0 Å². The van der Waals surface area contributed by atoms with Gasteiger partial charge in [-0.1, -0.05) is 6.92 Å². The fourth-order valence-corrected chi connectivity index (χ4v) is 2.66.